The second-order valence-electron chi connectivity index (χ2n) is 3.61. The molecule has 1 fully saturated rings. The van der Waals surface area contributed by atoms with Gasteiger partial charge in [0, 0.05) is 19.1 Å². The van der Waals surface area contributed by atoms with E-state index < -0.39 is 21.7 Å². The van der Waals surface area contributed by atoms with Crippen molar-refractivity contribution in [3.05, 3.63) is 0 Å². The molecule has 15 heavy (non-hydrogen) atoms. The standard InChI is InChI=1S/C8H16N2O4S/c1-9-5-7-3-2-4-10(7)15(13,14)6-8(11)12/h7,9H,2-6H2,1H3,(H,11,12). The van der Waals surface area contributed by atoms with Crippen molar-refractivity contribution in [1.29, 1.82) is 0 Å². The van der Waals surface area contributed by atoms with E-state index in [1.165, 1.54) is 4.31 Å². The lowest BCUT2D eigenvalue weighted by Crippen LogP contribution is -2.43. The van der Waals surface area contributed by atoms with Crippen LogP contribution in [0.4, 0.5) is 0 Å². The fourth-order valence-electron chi connectivity index (χ4n) is 1.85. The summed E-state index contributed by atoms with van der Waals surface area (Å²) in [5.74, 6) is -2.11. The summed E-state index contributed by atoms with van der Waals surface area (Å²) in [6.07, 6.45) is 1.59. The molecule has 0 aromatic rings. The summed E-state index contributed by atoms with van der Waals surface area (Å²) < 4.78 is 24.6. The molecule has 0 aromatic heterocycles. The third-order valence-corrected chi connectivity index (χ3v) is 4.23. The molecule has 0 aliphatic carbocycles. The van der Waals surface area contributed by atoms with Gasteiger partial charge in [-0.1, -0.05) is 0 Å². The Morgan fingerprint density at radius 2 is 2.27 bits per heavy atom. The van der Waals surface area contributed by atoms with E-state index in [0.717, 1.165) is 12.8 Å². The molecule has 0 bridgehead atoms. The van der Waals surface area contributed by atoms with E-state index >= 15 is 0 Å². The average Bonchev–Trinajstić information content (AvgIpc) is 2.51. The van der Waals surface area contributed by atoms with Crippen molar-refractivity contribution >= 4 is 16.0 Å². The molecule has 0 amide bonds. The zero-order chi connectivity index (χ0) is 11.5. The van der Waals surface area contributed by atoms with Crippen molar-refractivity contribution in [1.82, 2.24) is 9.62 Å². The lowest BCUT2D eigenvalue weighted by Gasteiger charge is -2.22. The van der Waals surface area contributed by atoms with Crippen LogP contribution in [0.1, 0.15) is 12.8 Å². The molecule has 88 valence electrons. The number of carbonyl (C=O) groups is 1. The Labute approximate surface area is 89.3 Å². The molecule has 1 aliphatic heterocycles. The molecule has 0 spiro atoms. The fraction of sp³-hybridized carbons (Fsp3) is 0.875. The highest BCUT2D eigenvalue weighted by Crippen LogP contribution is 2.20. The number of aliphatic carboxylic acids is 1. The van der Waals surface area contributed by atoms with Crippen molar-refractivity contribution in [3.8, 4) is 0 Å². The highest BCUT2D eigenvalue weighted by molar-refractivity contribution is 7.89. The topological polar surface area (TPSA) is 86.7 Å². The van der Waals surface area contributed by atoms with E-state index in [0.29, 0.717) is 13.1 Å². The first-order chi connectivity index (χ1) is 6.97. The molecule has 1 atom stereocenters. The normalized spacial score (nSPS) is 23.1. The number of carboxylic acid groups (broad SMARTS) is 1. The molecule has 6 nitrogen and oxygen atoms in total. The monoisotopic (exact) mass is 236 g/mol. The van der Waals surface area contributed by atoms with Gasteiger partial charge in [0.05, 0.1) is 0 Å². The van der Waals surface area contributed by atoms with Crippen LogP contribution >= 0.6 is 0 Å². The first-order valence-corrected chi connectivity index (χ1v) is 6.44. The SMILES string of the molecule is CNCC1CCCN1S(=O)(=O)CC(=O)O. The van der Waals surface area contributed by atoms with Crippen molar-refractivity contribution in [2.75, 3.05) is 25.9 Å². The number of sulfonamides is 1. The Balaban J connectivity index is 2.73. The van der Waals surface area contributed by atoms with Gasteiger partial charge in [-0.3, -0.25) is 4.79 Å². The minimum Gasteiger partial charge on any atom is -0.480 e. The smallest absolute Gasteiger partial charge is 0.320 e. The number of hydrogen-bond donors (Lipinski definition) is 2. The number of likely N-dealkylation sites (N-methyl/N-ethyl adjacent to an activating group) is 1. The molecular formula is C8H16N2O4S. The minimum atomic E-state index is -3.64. The van der Waals surface area contributed by atoms with Gasteiger partial charge in [-0.2, -0.15) is 4.31 Å². The van der Waals surface area contributed by atoms with Gasteiger partial charge in [0.25, 0.3) is 0 Å². The van der Waals surface area contributed by atoms with Crippen molar-refractivity contribution < 1.29 is 18.3 Å². The van der Waals surface area contributed by atoms with Crippen LogP contribution in [0.5, 0.6) is 0 Å². The molecule has 1 aliphatic rings. The first kappa shape index (κ1) is 12.4. The summed E-state index contributed by atoms with van der Waals surface area (Å²) >= 11 is 0. The van der Waals surface area contributed by atoms with Crippen LogP contribution in [0.15, 0.2) is 0 Å². The van der Waals surface area contributed by atoms with Crippen LogP contribution in [-0.2, 0) is 14.8 Å². The van der Waals surface area contributed by atoms with Crippen LogP contribution in [0, 0.1) is 0 Å². The van der Waals surface area contributed by atoms with E-state index in [2.05, 4.69) is 5.32 Å². The Hall–Kier alpha value is -0.660. The molecule has 0 aromatic carbocycles. The van der Waals surface area contributed by atoms with Crippen LogP contribution < -0.4 is 5.32 Å². The third-order valence-electron chi connectivity index (χ3n) is 2.43. The summed E-state index contributed by atoms with van der Waals surface area (Å²) in [5.41, 5.74) is 0. The number of rotatable bonds is 5. The lowest BCUT2D eigenvalue weighted by molar-refractivity contribution is -0.134. The summed E-state index contributed by atoms with van der Waals surface area (Å²) in [4.78, 5) is 10.4. The van der Waals surface area contributed by atoms with E-state index in [9.17, 15) is 13.2 Å². The predicted octanol–water partition coefficient (Wildman–Crippen LogP) is -0.915. The van der Waals surface area contributed by atoms with E-state index in [-0.39, 0.29) is 6.04 Å². The van der Waals surface area contributed by atoms with Gasteiger partial charge in [0.2, 0.25) is 10.0 Å². The van der Waals surface area contributed by atoms with E-state index in [4.69, 9.17) is 5.11 Å². The maximum absolute atomic E-state index is 11.6. The largest absolute Gasteiger partial charge is 0.480 e. The van der Waals surface area contributed by atoms with Gasteiger partial charge in [-0.25, -0.2) is 8.42 Å². The number of carboxylic acids is 1. The quantitative estimate of drug-likeness (QED) is 0.645. The summed E-state index contributed by atoms with van der Waals surface area (Å²) in [7, 11) is -1.89. The summed E-state index contributed by atoms with van der Waals surface area (Å²) in [5, 5.41) is 11.4. The van der Waals surface area contributed by atoms with Crippen LogP contribution in [0.2, 0.25) is 0 Å². The van der Waals surface area contributed by atoms with E-state index in [1.54, 1.807) is 7.05 Å². The number of hydrogen-bond acceptors (Lipinski definition) is 4. The average molecular weight is 236 g/mol. The highest BCUT2D eigenvalue weighted by Gasteiger charge is 2.34. The Morgan fingerprint density at radius 1 is 1.60 bits per heavy atom. The summed E-state index contributed by atoms with van der Waals surface area (Å²) in [6.45, 7) is 1.00. The highest BCUT2D eigenvalue weighted by atomic mass is 32.2. The second-order valence-corrected chi connectivity index (χ2v) is 5.54. The van der Waals surface area contributed by atoms with Gasteiger partial charge in [0.15, 0.2) is 5.75 Å². The Kier molecular flexibility index (Phi) is 4.06. The molecule has 7 heteroatoms. The van der Waals surface area contributed by atoms with Crippen molar-refractivity contribution in [3.63, 3.8) is 0 Å². The third kappa shape index (κ3) is 3.15. The van der Waals surface area contributed by atoms with Crippen LogP contribution in [0.3, 0.4) is 0 Å². The van der Waals surface area contributed by atoms with Gasteiger partial charge < -0.3 is 10.4 Å². The molecule has 0 saturated carbocycles. The summed E-state index contributed by atoms with van der Waals surface area (Å²) in [6, 6.07) is -0.0978. The van der Waals surface area contributed by atoms with Crippen LogP contribution in [0.25, 0.3) is 0 Å². The van der Waals surface area contributed by atoms with Crippen molar-refractivity contribution in [2.24, 2.45) is 0 Å². The van der Waals surface area contributed by atoms with Crippen molar-refractivity contribution in [2.45, 2.75) is 18.9 Å². The maximum Gasteiger partial charge on any atom is 0.320 e. The molecule has 0 radical (unpaired) electrons. The fourth-order valence-corrected chi connectivity index (χ4v) is 3.37. The second kappa shape index (κ2) is 4.91. The van der Waals surface area contributed by atoms with Gasteiger partial charge in [-0.05, 0) is 19.9 Å². The molecular weight excluding hydrogens is 220 g/mol. The molecule has 2 N–H and O–H groups in total. The first-order valence-electron chi connectivity index (χ1n) is 4.83. The van der Waals surface area contributed by atoms with E-state index in [1.807, 2.05) is 0 Å². The zero-order valence-corrected chi connectivity index (χ0v) is 9.46. The van der Waals surface area contributed by atoms with Gasteiger partial charge >= 0.3 is 5.97 Å². The Morgan fingerprint density at radius 3 is 2.80 bits per heavy atom. The lowest BCUT2D eigenvalue weighted by atomic mass is 10.2. The molecule has 1 heterocycles. The minimum absolute atomic E-state index is 0.0978. The maximum atomic E-state index is 11.6. The predicted molar refractivity (Wildman–Crippen MR) is 55.1 cm³/mol. The van der Waals surface area contributed by atoms with Gasteiger partial charge in [-0.15, -0.1) is 0 Å². The molecule has 1 rings (SSSR count). The van der Waals surface area contributed by atoms with Gasteiger partial charge in [0.1, 0.15) is 0 Å². The Bertz CT molecular complexity index is 328. The number of nitrogens with zero attached hydrogens (tertiary/aromatic N) is 1. The molecule has 1 saturated heterocycles. The molecule has 1 unspecified atom stereocenters. The number of nitrogens with one attached hydrogen (secondary N) is 1. The van der Waals surface area contributed by atoms with Crippen LogP contribution in [-0.4, -0.2) is 55.7 Å². The zero-order valence-electron chi connectivity index (χ0n) is 8.64.